The van der Waals surface area contributed by atoms with Crippen molar-refractivity contribution in [1.82, 2.24) is 5.32 Å². The molecule has 0 saturated carbocycles. The van der Waals surface area contributed by atoms with Crippen LogP contribution in [0.25, 0.3) is 0 Å². The van der Waals surface area contributed by atoms with Gasteiger partial charge in [0.2, 0.25) is 5.91 Å². The Hall–Kier alpha value is -1.82. The number of aliphatic hydroxyl groups excluding tert-OH is 1. The van der Waals surface area contributed by atoms with Crippen LogP contribution in [0.15, 0.2) is 36.4 Å². The van der Waals surface area contributed by atoms with E-state index in [4.69, 9.17) is 0 Å². The quantitative estimate of drug-likeness (QED) is 0.820. The molecular formula is C16H18F3NO2. The van der Waals surface area contributed by atoms with Crippen LogP contribution in [0.3, 0.4) is 0 Å². The standard InChI is InChI=1S/C16H18F3NO2/c17-16(18,19)13-8-4-3-7-12(13)14(21)10-20-15(22)9-11-5-1-2-6-11/h1,3-5,7-8,11,14,21H,2,6,9-10H2,(H,20,22)/t11-,14-/m0/s1. The van der Waals surface area contributed by atoms with E-state index < -0.39 is 17.8 Å². The van der Waals surface area contributed by atoms with Gasteiger partial charge in [0.1, 0.15) is 0 Å². The number of carbonyl (C=O) groups excluding carboxylic acids is 1. The average molecular weight is 313 g/mol. The summed E-state index contributed by atoms with van der Waals surface area (Å²) in [6.07, 6.45) is 0.203. The van der Waals surface area contributed by atoms with E-state index in [9.17, 15) is 23.1 Å². The lowest BCUT2D eigenvalue weighted by atomic mass is 10.0. The fourth-order valence-corrected chi connectivity index (χ4v) is 2.54. The van der Waals surface area contributed by atoms with Gasteiger partial charge in [-0.15, -0.1) is 0 Å². The molecule has 0 aliphatic heterocycles. The predicted octanol–water partition coefficient (Wildman–Crippen LogP) is 3.21. The van der Waals surface area contributed by atoms with Gasteiger partial charge < -0.3 is 10.4 Å². The van der Waals surface area contributed by atoms with Gasteiger partial charge >= 0.3 is 6.18 Å². The molecule has 0 unspecified atom stereocenters. The number of alkyl halides is 3. The highest BCUT2D eigenvalue weighted by molar-refractivity contribution is 5.76. The molecule has 0 heterocycles. The summed E-state index contributed by atoms with van der Waals surface area (Å²) in [6, 6.07) is 4.84. The smallest absolute Gasteiger partial charge is 0.387 e. The molecule has 1 aliphatic rings. The monoisotopic (exact) mass is 313 g/mol. The van der Waals surface area contributed by atoms with Crippen LogP contribution in [0.4, 0.5) is 13.2 Å². The van der Waals surface area contributed by atoms with Gasteiger partial charge in [0.15, 0.2) is 0 Å². The largest absolute Gasteiger partial charge is 0.416 e. The Labute approximate surface area is 126 Å². The molecule has 0 radical (unpaired) electrons. The Morgan fingerprint density at radius 3 is 2.73 bits per heavy atom. The van der Waals surface area contributed by atoms with Crippen LogP contribution in [0, 0.1) is 5.92 Å². The van der Waals surface area contributed by atoms with Crippen LogP contribution in [0.2, 0.25) is 0 Å². The Kier molecular flexibility index (Phi) is 5.24. The van der Waals surface area contributed by atoms with E-state index in [0.29, 0.717) is 6.42 Å². The highest BCUT2D eigenvalue weighted by atomic mass is 19.4. The minimum absolute atomic E-state index is 0.180. The maximum atomic E-state index is 12.9. The van der Waals surface area contributed by atoms with Crippen LogP contribution in [-0.4, -0.2) is 17.6 Å². The summed E-state index contributed by atoms with van der Waals surface area (Å²) in [5.74, 6) is -0.0836. The maximum absolute atomic E-state index is 12.9. The number of benzene rings is 1. The van der Waals surface area contributed by atoms with Gasteiger partial charge in [-0.2, -0.15) is 13.2 Å². The molecule has 2 rings (SSSR count). The van der Waals surface area contributed by atoms with Crippen molar-refractivity contribution in [3.63, 3.8) is 0 Å². The van der Waals surface area contributed by atoms with Crippen LogP contribution >= 0.6 is 0 Å². The summed E-state index contributed by atoms with van der Waals surface area (Å²) in [6.45, 7) is -0.234. The molecule has 22 heavy (non-hydrogen) atoms. The Morgan fingerprint density at radius 2 is 2.09 bits per heavy atom. The molecule has 3 nitrogen and oxygen atoms in total. The number of carbonyl (C=O) groups is 1. The highest BCUT2D eigenvalue weighted by Gasteiger charge is 2.34. The molecule has 2 atom stereocenters. The van der Waals surface area contributed by atoms with Crippen molar-refractivity contribution in [2.24, 2.45) is 5.92 Å². The Bertz CT molecular complexity index is 555. The third-order valence-corrected chi connectivity index (χ3v) is 3.68. The third kappa shape index (κ3) is 4.34. The van der Waals surface area contributed by atoms with Gasteiger partial charge in [0, 0.05) is 13.0 Å². The van der Waals surface area contributed by atoms with E-state index in [-0.39, 0.29) is 23.9 Å². The average Bonchev–Trinajstić information content (AvgIpc) is 2.96. The molecule has 0 spiro atoms. The number of hydrogen-bond donors (Lipinski definition) is 2. The van der Waals surface area contributed by atoms with Gasteiger partial charge in [-0.25, -0.2) is 0 Å². The zero-order chi connectivity index (χ0) is 16.2. The molecule has 0 bridgehead atoms. The summed E-state index contributed by atoms with van der Waals surface area (Å²) in [5, 5.41) is 12.4. The van der Waals surface area contributed by atoms with E-state index in [1.807, 2.05) is 12.2 Å². The van der Waals surface area contributed by atoms with E-state index in [0.717, 1.165) is 18.9 Å². The van der Waals surface area contributed by atoms with Gasteiger partial charge in [-0.1, -0.05) is 30.4 Å². The van der Waals surface area contributed by atoms with E-state index in [2.05, 4.69) is 5.32 Å². The lowest BCUT2D eigenvalue weighted by Crippen LogP contribution is -2.30. The van der Waals surface area contributed by atoms with Crippen molar-refractivity contribution in [2.75, 3.05) is 6.54 Å². The van der Waals surface area contributed by atoms with Crippen LogP contribution in [0.1, 0.15) is 36.5 Å². The van der Waals surface area contributed by atoms with Crippen LogP contribution < -0.4 is 5.32 Å². The highest BCUT2D eigenvalue weighted by Crippen LogP contribution is 2.34. The molecule has 0 saturated heterocycles. The predicted molar refractivity (Wildman–Crippen MR) is 75.9 cm³/mol. The molecule has 0 fully saturated rings. The minimum Gasteiger partial charge on any atom is -0.387 e. The third-order valence-electron chi connectivity index (χ3n) is 3.68. The molecular weight excluding hydrogens is 295 g/mol. The zero-order valence-electron chi connectivity index (χ0n) is 11.9. The first-order valence-electron chi connectivity index (χ1n) is 7.15. The summed E-state index contributed by atoms with van der Waals surface area (Å²) in [5.41, 5.74) is -1.11. The summed E-state index contributed by atoms with van der Waals surface area (Å²) in [4.78, 5) is 11.7. The van der Waals surface area contributed by atoms with Gasteiger partial charge in [-0.05, 0) is 30.4 Å². The first-order valence-corrected chi connectivity index (χ1v) is 7.15. The number of hydrogen-bond acceptors (Lipinski definition) is 2. The number of allylic oxidation sites excluding steroid dienone is 2. The molecule has 1 amide bonds. The van der Waals surface area contributed by atoms with Crippen molar-refractivity contribution in [3.05, 3.63) is 47.5 Å². The van der Waals surface area contributed by atoms with Crippen LogP contribution in [0.5, 0.6) is 0 Å². The van der Waals surface area contributed by atoms with Crippen molar-refractivity contribution in [2.45, 2.75) is 31.5 Å². The number of rotatable bonds is 5. The molecule has 2 N–H and O–H groups in total. The maximum Gasteiger partial charge on any atom is 0.416 e. The van der Waals surface area contributed by atoms with E-state index in [1.54, 1.807) is 0 Å². The van der Waals surface area contributed by atoms with Gasteiger partial charge in [0.25, 0.3) is 0 Å². The van der Waals surface area contributed by atoms with Crippen molar-refractivity contribution in [3.8, 4) is 0 Å². The number of halogens is 3. The summed E-state index contributed by atoms with van der Waals surface area (Å²) < 4.78 is 38.6. The molecule has 120 valence electrons. The lowest BCUT2D eigenvalue weighted by Gasteiger charge is -2.18. The minimum atomic E-state index is -4.53. The summed E-state index contributed by atoms with van der Waals surface area (Å²) >= 11 is 0. The second kappa shape index (κ2) is 6.96. The van der Waals surface area contributed by atoms with Crippen molar-refractivity contribution >= 4 is 5.91 Å². The SMILES string of the molecule is O=C(C[C@H]1C=CCC1)NC[C@H](O)c1ccccc1C(F)(F)F. The topological polar surface area (TPSA) is 49.3 Å². The van der Waals surface area contributed by atoms with Gasteiger partial charge in [0.05, 0.1) is 11.7 Å². The Balaban J connectivity index is 1.93. The molecule has 1 aromatic carbocycles. The fourth-order valence-electron chi connectivity index (χ4n) is 2.54. The van der Waals surface area contributed by atoms with E-state index >= 15 is 0 Å². The van der Waals surface area contributed by atoms with Crippen LogP contribution in [-0.2, 0) is 11.0 Å². The van der Waals surface area contributed by atoms with Gasteiger partial charge in [-0.3, -0.25) is 4.79 Å². The lowest BCUT2D eigenvalue weighted by molar-refractivity contribution is -0.139. The number of nitrogens with one attached hydrogen (secondary N) is 1. The van der Waals surface area contributed by atoms with E-state index in [1.165, 1.54) is 18.2 Å². The molecule has 6 heteroatoms. The zero-order valence-corrected chi connectivity index (χ0v) is 11.9. The molecule has 1 aliphatic carbocycles. The first kappa shape index (κ1) is 16.5. The second-order valence-corrected chi connectivity index (χ2v) is 5.37. The normalized spacial score (nSPS) is 19.2. The Morgan fingerprint density at radius 1 is 1.36 bits per heavy atom. The molecule has 0 aromatic heterocycles. The first-order chi connectivity index (χ1) is 10.4. The van der Waals surface area contributed by atoms with Crippen molar-refractivity contribution in [1.29, 1.82) is 0 Å². The molecule has 1 aromatic rings. The number of aliphatic hydroxyl groups is 1. The fraction of sp³-hybridized carbons (Fsp3) is 0.438. The second-order valence-electron chi connectivity index (χ2n) is 5.37. The van der Waals surface area contributed by atoms with Crippen molar-refractivity contribution < 1.29 is 23.1 Å². The summed E-state index contributed by atoms with van der Waals surface area (Å²) in [7, 11) is 0. The number of amides is 1.